The quantitative estimate of drug-likeness (QED) is 0.307. The molecule has 4 heteroatoms. The lowest BCUT2D eigenvalue weighted by Gasteiger charge is -2.40. The van der Waals surface area contributed by atoms with Crippen LogP contribution in [0.15, 0.2) is 11.1 Å². The molecule has 18 heavy (non-hydrogen) atoms. The van der Waals surface area contributed by atoms with Crippen LogP contribution in [0, 0.1) is 17.3 Å². The largest absolute Gasteiger partial charge is 0.273 e. The van der Waals surface area contributed by atoms with E-state index in [0.717, 1.165) is 24.3 Å². The average molecular weight is 248 g/mol. The second kappa shape index (κ2) is 3.67. The summed E-state index contributed by atoms with van der Waals surface area (Å²) in [6.07, 6.45) is 4.95. The van der Waals surface area contributed by atoms with Crippen molar-refractivity contribution in [3.05, 3.63) is 11.1 Å². The Labute approximate surface area is 107 Å². The number of carbonyl (C=O) groups is 2. The normalized spacial score (nSPS) is 34.7. The van der Waals surface area contributed by atoms with E-state index in [1.165, 1.54) is 24.0 Å². The topological polar surface area (TPSA) is 63.4 Å². The van der Waals surface area contributed by atoms with Gasteiger partial charge in [0.1, 0.15) is 0 Å². The van der Waals surface area contributed by atoms with Crippen LogP contribution in [0.2, 0.25) is 0 Å². The maximum Gasteiger partial charge on any atom is 0.247 e. The van der Waals surface area contributed by atoms with Crippen molar-refractivity contribution in [1.29, 1.82) is 0 Å². The van der Waals surface area contributed by atoms with Gasteiger partial charge in [-0.15, -0.1) is 0 Å². The molecule has 98 valence electrons. The third kappa shape index (κ3) is 1.48. The predicted octanol–water partition coefficient (Wildman–Crippen LogP) is 1.76. The summed E-state index contributed by atoms with van der Waals surface area (Å²) in [6, 6.07) is 0. The molecule has 0 aromatic carbocycles. The third-order valence-electron chi connectivity index (χ3n) is 5.01. The summed E-state index contributed by atoms with van der Waals surface area (Å²) in [5.74, 6) is 4.81. The molecule has 0 radical (unpaired) electrons. The highest BCUT2D eigenvalue weighted by molar-refractivity contribution is 6.04. The van der Waals surface area contributed by atoms with Crippen molar-refractivity contribution < 1.29 is 9.59 Å². The highest BCUT2D eigenvalue weighted by Gasteiger charge is 2.51. The number of hydrogen-bond donors (Lipinski definition) is 1. The lowest BCUT2D eigenvalue weighted by atomic mass is 9.63. The fourth-order valence-corrected chi connectivity index (χ4v) is 3.92. The van der Waals surface area contributed by atoms with Gasteiger partial charge in [0.15, 0.2) is 0 Å². The molecule has 1 fully saturated rings. The molecule has 0 bridgehead atoms. The molecule has 0 saturated carbocycles. The molecule has 0 aromatic rings. The number of hydrogen-bond acceptors (Lipinski definition) is 3. The number of imide groups is 1. The van der Waals surface area contributed by atoms with E-state index in [2.05, 4.69) is 13.8 Å². The highest BCUT2D eigenvalue weighted by Crippen LogP contribution is 2.51. The molecular weight excluding hydrogens is 228 g/mol. The van der Waals surface area contributed by atoms with Gasteiger partial charge in [0, 0.05) is 0 Å². The Morgan fingerprint density at radius 1 is 1.17 bits per heavy atom. The number of amides is 2. The molecule has 0 unspecified atom stereocenters. The van der Waals surface area contributed by atoms with Gasteiger partial charge >= 0.3 is 0 Å². The van der Waals surface area contributed by atoms with Gasteiger partial charge in [0.2, 0.25) is 11.8 Å². The Bertz CT molecular complexity index is 464. The molecule has 2 amide bonds. The maximum absolute atomic E-state index is 12.0. The lowest BCUT2D eigenvalue weighted by molar-refractivity contribution is -0.140. The second-order valence-electron chi connectivity index (χ2n) is 6.49. The van der Waals surface area contributed by atoms with E-state index in [9.17, 15) is 9.59 Å². The summed E-state index contributed by atoms with van der Waals surface area (Å²) in [5, 5.41) is 0.848. The van der Waals surface area contributed by atoms with Gasteiger partial charge in [-0.2, -0.15) is 0 Å². The van der Waals surface area contributed by atoms with Gasteiger partial charge in [-0.05, 0) is 37.5 Å². The van der Waals surface area contributed by atoms with Gasteiger partial charge in [0.25, 0.3) is 0 Å². The molecule has 4 nitrogen and oxygen atoms in total. The molecule has 3 rings (SSSR count). The van der Waals surface area contributed by atoms with E-state index in [4.69, 9.17) is 5.84 Å². The monoisotopic (exact) mass is 248 g/mol. The molecular formula is C14H20N2O2. The zero-order valence-electron chi connectivity index (χ0n) is 11.0. The van der Waals surface area contributed by atoms with Crippen molar-refractivity contribution in [2.24, 2.45) is 23.1 Å². The summed E-state index contributed by atoms with van der Waals surface area (Å²) in [4.78, 5) is 23.9. The zero-order chi connectivity index (χ0) is 13.1. The first-order valence-electron chi connectivity index (χ1n) is 6.76. The fraction of sp³-hybridized carbons (Fsp3) is 0.714. The second-order valence-corrected chi connectivity index (χ2v) is 6.49. The van der Waals surface area contributed by atoms with Crippen LogP contribution < -0.4 is 5.84 Å². The average Bonchev–Trinajstić information content (AvgIpc) is 2.53. The number of rotatable bonds is 0. The predicted molar refractivity (Wildman–Crippen MR) is 66.9 cm³/mol. The van der Waals surface area contributed by atoms with Crippen LogP contribution >= 0.6 is 0 Å². The summed E-state index contributed by atoms with van der Waals surface area (Å²) < 4.78 is 0. The molecule has 2 N–H and O–H groups in total. The summed E-state index contributed by atoms with van der Waals surface area (Å²) in [7, 11) is 0. The summed E-state index contributed by atoms with van der Waals surface area (Å²) >= 11 is 0. The molecule has 0 spiro atoms. The maximum atomic E-state index is 12.0. The molecule has 2 atom stereocenters. The SMILES string of the molecule is CC1(C)CCCC2=C1C[C@@H]1C(=O)N(N)C(=O)[C@@H]1C2. The Balaban J connectivity index is 1.98. The fourth-order valence-electron chi connectivity index (χ4n) is 3.92. The summed E-state index contributed by atoms with van der Waals surface area (Å²) in [6.45, 7) is 4.51. The molecule has 2 aliphatic carbocycles. The van der Waals surface area contributed by atoms with Crippen LogP contribution in [0.1, 0.15) is 46.0 Å². The van der Waals surface area contributed by atoms with Crippen molar-refractivity contribution in [1.82, 2.24) is 5.01 Å². The Morgan fingerprint density at radius 3 is 2.44 bits per heavy atom. The molecule has 1 saturated heterocycles. The first kappa shape index (κ1) is 11.9. The third-order valence-corrected chi connectivity index (χ3v) is 5.01. The Hall–Kier alpha value is -1.16. The molecule has 3 aliphatic rings. The standard InChI is InChI=1S/C14H20N2O2/c1-14(2)5-3-4-8-6-9-10(7-11(8)14)13(18)16(15)12(9)17/h9-10H,3-7,15H2,1-2H3/t9-,10+/m1/s1. The van der Waals surface area contributed by atoms with Gasteiger partial charge < -0.3 is 0 Å². The molecule has 1 heterocycles. The number of hydrazine groups is 1. The van der Waals surface area contributed by atoms with E-state index in [0.29, 0.717) is 0 Å². The van der Waals surface area contributed by atoms with E-state index in [1.54, 1.807) is 0 Å². The number of allylic oxidation sites excluding steroid dienone is 2. The van der Waals surface area contributed by atoms with Gasteiger partial charge in [0.05, 0.1) is 11.8 Å². The van der Waals surface area contributed by atoms with Gasteiger partial charge in [-0.3, -0.25) is 9.59 Å². The van der Waals surface area contributed by atoms with Crippen molar-refractivity contribution in [2.45, 2.75) is 46.0 Å². The number of nitrogens with zero attached hydrogens (tertiary/aromatic N) is 1. The smallest absolute Gasteiger partial charge is 0.247 e. The van der Waals surface area contributed by atoms with Gasteiger partial charge in [-0.25, -0.2) is 10.9 Å². The Morgan fingerprint density at radius 2 is 1.78 bits per heavy atom. The zero-order valence-corrected chi connectivity index (χ0v) is 11.0. The van der Waals surface area contributed by atoms with E-state index in [-0.39, 0.29) is 29.1 Å². The minimum atomic E-state index is -0.196. The molecule has 1 aliphatic heterocycles. The van der Waals surface area contributed by atoms with Crippen LogP contribution in [-0.4, -0.2) is 16.8 Å². The lowest BCUT2D eigenvalue weighted by Crippen LogP contribution is -2.37. The van der Waals surface area contributed by atoms with Crippen LogP contribution in [0.3, 0.4) is 0 Å². The van der Waals surface area contributed by atoms with Crippen molar-refractivity contribution in [3.8, 4) is 0 Å². The molecule has 0 aromatic heterocycles. The van der Waals surface area contributed by atoms with Crippen molar-refractivity contribution in [3.63, 3.8) is 0 Å². The van der Waals surface area contributed by atoms with Crippen LogP contribution in [0.5, 0.6) is 0 Å². The number of fused-ring (bicyclic) bond motifs is 1. The van der Waals surface area contributed by atoms with Gasteiger partial charge in [-0.1, -0.05) is 25.0 Å². The highest BCUT2D eigenvalue weighted by atomic mass is 16.2. The minimum Gasteiger partial charge on any atom is -0.273 e. The van der Waals surface area contributed by atoms with Crippen LogP contribution in [0.4, 0.5) is 0 Å². The minimum absolute atomic E-state index is 0.181. The van der Waals surface area contributed by atoms with Crippen molar-refractivity contribution >= 4 is 11.8 Å². The van der Waals surface area contributed by atoms with E-state index < -0.39 is 0 Å². The number of carbonyl (C=O) groups excluding carboxylic acids is 2. The van der Waals surface area contributed by atoms with Crippen LogP contribution in [0.25, 0.3) is 0 Å². The first-order valence-corrected chi connectivity index (χ1v) is 6.76. The van der Waals surface area contributed by atoms with E-state index >= 15 is 0 Å². The van der Waals surface area contributed by atoms with Crippen molar-refractivity contribution in [2.75, 3.05) is 0 Å². The summed E-state index contributed by atoms with van der Waals surface area (Å²) in [5.41, 5.74) is 3.03. The first-order chi connectivity index (χ1) is 8.42. The van der Waals surface area contributed by atoms with Crippen LogP contribution in [-0.2, 0) is 9.59 Å². The Kier molecular flexibility index (Phi) is 2.43. The number of nitrogens with two attached hydrogens (primary N) is 1. The van der Waals surface area contributed by atoms with E-state index in [1.807, 2.05) is 0 Å².